The zero-order chi connectivity index (χ0) is 9.07. The van der Waals surface area contributed by atoms with Crippen molar-refractivity contribution in [3.8, 4) is 0 Å². The van der Waals surface area contributed by atoms with E-state index in [-0.39, 0.29) is 12.3 Å². The van der Waals surface area contributed by atoms with Crippen LogP contribution in [0.25, 0.3) is 0 Å². The molecule has 0 amide bonds. The molecule has 3 N–H and O–H groups in total. The molecule has 0 saturated heterocycles. The summed E-state index contributed by atoms with van der Waals surface area (Å²) >= 11 is 0. The molecule has 0 saturated carbocycles. The largest absolute Gasteiger partial charge is 0.393 e. The van der Waals surface area contributed by atoms with Crippen molar-refractivity contribution in [2.24, 2.45) is 0 Å². The van der Waals surface area contributed by atoms with E-state index in [1.807, 2.05) is 0 Å². The van der Waals surface area contributed by atoms with Gasteiger partial charge in [0.15, 0.2) is 0 Å². The van der Waals surface area contributed by atoms with Crippen LogP contribution in [0.3, 0.4) is 0 Å². The van der Waals surface area contributed by atoms with Crippen molar-refractivity contribution in [3.05, 3.63) is 0 Å². The molecule has 11 heavy (non-hydrogen) atoms. The lowest BCUT2D eigenvalue weighted by molar-refractivity contribution is 0.204. The monoisotopic (exact) mass is 182 g/mol. The second kappa shape index (κ2) is 4.21. The Kier molecular flexibility index (Phi) is 4.26. The molecule has 2 unspecified atom stereocenters. The van der Waals surface area contributed by atoms with E-state index in [1.54, 1.807) is 0 Å². The molecule has 5 heteroatoms. The molecule has 0 radical (unpaired) electrons. The summed E-state index contributed by atoms with van der Waals surface area (Å²) in [5.74, 6) is 0. The highest BCUT2D eigenvalue weighted by Crippen LogP contribution is 2.41. The lowest BCUT2D eigenvalue weighted by Crippen LogP contribution is -2.14. The molecular formula is C6H15O4P. The first kappa shape index (κ1) is 11.1. The molecule has 0 rings (SSSR count). The van der Waals surface area contributed by atoms with E-state index < -0.39 is 19.6 Å². The van der Waals surface area contributed by atoms with E-state index in [4.69, 9.17) is 15.1 Å². The quantitative estimate of drug-likeness (QED) is 0.535. The average molecular weight is 182 g/mol. The van der Waals surface area contributed by atoms with Gasteiger partial charge in [-0.1, -0.05) is 0 Å². The van der Waals surface area contributed by atoms with E-state index in [0.29, 0.717) is 0 Å². The molecular weight excluding hydrogens is 167 g/mol. The summed E-state index contributed by atoms with van der Waals surface area (Å²) in [5.41, 5.74) is 0. The molecule has 0 fully saturated rings. The summed E-state index contributed by atoms with van der Waals surface area (Å²) in [5, 5.41) is 17.6. The van der Waals surface area contributed by atoms with Crippen LogP contribution in [0.5, 0.6) is 0 Å². The summed E-state index contributed by atoms with van der Waals surface area (Å²) < 4.78 is 11.1. The van der Waals surface area contributed by atoms with Crippen LogP contribution in [0.15, 0.2) is 0 Å². The van der Waals surface area contributed by atoms with Gasteiger partial charge in [-0.05, 0) is 13.8 Å². The van der Waals surface area contributed by atoms with Gasteiger partial charge in [-0.25, -0.2) is 0 Å². The smallest absolute Gasteiger partial charge is 0.205 e. The third kappa shape index (κ3) is 6.51. The van der Waals surface area contributed by atoms with Gasteiger partial charge in [0.2, 0.25) is 7.37 Å². The van der Waals surface area contributed by atoms with Gasteiger partial charge < -0.3 is 15.1 Å². The van der Waals surface area contributed by atoms with Gasteiger partial charge in [-0.15, -0.1) is 0 Å². The standard InChI is InChI=1S/C6H15O4P/c1-5(7)3-11(9,10)4-6(2)8/h5-8H,3-4H2,1-2H3,(H,9,10). The number of aliphatic hydroxyl groups is 2. The summed E-state index contributed by atoms with van der Waals surface area (Å²) in [6.45, 7) is 2.90. The zero-order valence-electron chi connectivity index (χ0n) is 6.77. The Bertz CT molecular complexity index is 141. The molecule has 0 bridgehead atoms. The van der Waals surface area contributed by atoms with Gasteiger partial charge in [0.1, 0.15) is 0 Å². The molecule has 4 nitrogen and oxygen atoms in total. The summed E-state index contributed by atoms with van der Waals surface area (Å²) in [6, 6.07) is 0. The number of rotatable bonds is 4. The minimum atomic E-state index is -3.30. The Morgan fingerprint density at radius 2 is 1.45 bits per heavy atom. The molecule has 2 atom stereocenters. The molecule has 0 aliphatic carbocycles. The molecule has 0 aromatic carbocycles. The number of aliphatic hydroxyl groups excluding tert-OH is 2. The van der Waals surface area contributed by atoms with Gasteiger partial charge >= 0.3 is 0 Å². The lowest BCUT2D eigenvalue weighted by atomic mass is 10.5. The van der Waals surface area contributed by atoms with Gasteiger partial charge in [0, 0.05) is 0 Å². The summed E-state index contributed by atoms with van der Waals surface area (Å²) in [4.78, 5) is 9.09. The maximum atomic E-state index is 11.1. The van der Waals surface area contributed by atoms with Gasteiger partial charge in [0.25, 0.3) is 0 Å². The van der Waals surface area contributed by atoms with Crippen LogP contribution < -0.4 is 0 Å². The van der Waals surface area contributed by atoms with Crippen molar-refractivity contribution in [1.82, 2.24) is 0 Å². The van der Waals surface area contributed by atoms with Crippen molar-refractivity contribution < 1.29 is 19.7 Å². The Hall–Kier alpha value is 0.110. The van der Waals surface area contributed by atoms with Gasteiger partial charge in [-0.2, -0.15) is 0 Å². The summed E-state index contributed by atoms with van der Waals surface area (Å²) in [7, 11) is -3.30. The molecule has 68 valence electrons. The van der Waals surface area contributed by atoms with E-state index in [9.17, 15) is 4.57 Å². The maximum absolute atomic E-state index is 11.1. The highest BCUT2D eigenvalue weighted by Gasteiger charge is 2.22. The third-order valence-corrected chi connectivity index (χ3v) is 3.30. The topological polar surface area (TPSA) is 77.8 Å². The third-order valence-electron chi connectivity index (χ3n) is 1.10. The average Bonchev–Trinajstić information content (AvgIpc) is 1.53. The Morgan fingerprint density at radius 3 is 1.64 bits per heavy atom. The van der Waals surface area contributed by atoms with Gasteiger partial charge in [0.05, 0.1) is 24.5 Å². The SMILES string of the molecule is CC(O)CP(=O)(O)CC(C)O. The van der Waals surface area contributed by atoms with E-state index in [1.165, 1.54) is 13.8 Å². The predicted molar refractivity (Wildman–Crippen MR) is 42.9 cm³/mol. The second-order valence-electron chi connectivity index (χ2n) is 2.91. The zero-order valence-corrected chi connectivity index (χ0v) is 7.66. The predicted octanol–water partition coefficient (Wildman–Crippen LogP) is 0.0184. The second-order valence-corrected chi connectivity index (χ2v) is 5.33. The van der Waals surface area contributed by atoms with Crippen LogP contribution in [-0.4, -0.2) is 39.6 Å². The van der Waals surface area contributed by atoms with Crippen molar-refractivity contribution in [1.29, 1.82) is 0 Å². The fraction of sp³-hybridized carbons (Fsp3) is 1.00. The van der Waals surface area contributed by atoms with Gasteiger partial charge in [-0.3, -0.25) is 4.57 Å². The van der Waals surface area contributed by atoms with Crippen LogP contribution in [-0.2, 0) is 4.57 Å². The van der Waals surface area contributed by atoms with E-state index in [0.717, 1.165) is 0 Å². The fourth-order valence-corrected chi connectivity index (χ4v) is 2.70. The minimum Gasteiger partial charge on any atom is -0.393 e. The molecule has 0 aromatic rings. The highest BCUT2D eigenvalue weighted by molar-refractivity contribution is 7.58. The normalized spacial score (nSPS) is 22.3. The molecule has 0 heterocycles. The Morgan fingerprint density at radius 1 is 1.18 bits per heavy atom. The van der Waals surface area contributed by atoms with Crippen LogP contribution in [0.1, 0.15) is 13.8 Å². The number of hydrogen-bond donors (Lipinski definition) is 3. The Balaban J connectivity index is 3.91. The van der Waals surface area contributed by atoms with Crippen LogP contribution >= 0.6 is 7.37 Å². The van der Waals surface area contributed by atoms with Crippen LogP contribution in [0.4, 0.5) is 0 Å². The van der Waals surface area contributed by atoms with Crippen LogP contribution in [0.2, 0.25) is 0 Å². The molecule has 0 aromatic heterocycles. The molecule has 0 aliphatic heterocycles. The first-order valence-electron chi connectivity index (χ1n) is 3.50. The van der Waals surface area contributed by atoms with E-state index >= 15 is 0 Å². The maximum Gasteiger partial charge on any atom is 0.205 e. The van der Waals surface area contributed by atoms with Crippen molar-refractivity contribution in [3.63, 3.8) is 0 Å². The van der Waals surface area contributed by atoms with Crippen molar-refractivity contribution >= 4 is 7.37 Å². The molecule has 0 spiro atoms. The minimum absolute atomic E-state index is 0.141. The summed E-state index contributed by atoms with van der Waals surface area (Å²) in [6.07, 6.45) is -1.86. The fourth-order valence-electron chi connectivity index (χ4n) is 0.900. The molecule has 0 aliphatic rings. The first-order chi connectivity index (χ1) is 4.83. The van der Waals surface area contributed by atoms with Crippen molar-refractivity contribution in [2.45, 2.75) is 26.1 Å². The van der Waals surface area contributed by atoms with Crippen molar-refractivity contribution in [2.75, 3.05) is 12.3 Å². The first-order valence-corrected chi connectivity index (χ1v) is 5.53. The number of hydrogen-bond acceptors (Lipinski definition) is 3. The highest BCUT2D eigenvalue weighted by atomic mass is 31.2. The Labute approximate surface area is 66.3 Å². The lowest BCUT2D eigenvalue weighted by Gasteiger charge is -2.14. The van der Waals surface area contributed by atoms with E-state index in [2.05, 4.69) is 0 Å². The van der Waals surface area contributed by atoms with Crippen LogP contribution in [0, 0.1) is 0 Å².